The Kier molecular flexibility index (Phi) is 8.53. The Labute approximate surface area is 110 Å². The van der Waals surface area contributed by atoms with Crippen LogP contribution in [0.4, 0.5) is 0 Å². The molecule has 0 bridgehead atoms. The summed E-state index contributed by atoms with van der Waals surface area (Å²) in [5, 5.41) is 0. The second kappa shape index (κ2) is 9.00. The van der Waals surface area contributed by atoms with E-state index in [0.29, 0.717) is 0 Å². The summed E-state index contributed by atoms with van der Waals surface area (Å²) in [5.41, 5.74) is 5.07. The molecule has 112 valence electrons. The molecule has 0 amide bonds. The first kappa shape index (κ1) is 18.0. The van der Waals surface area contributed by atoms with E-state index in [2.05, 4.69) is 13.8 Å². The summed E-state index contributed by atoms with van der Waals surface area (Å²) >= 11 is 0. The largest absolute Gasteiger partial charge is 0.756 e. The molecule has 0 aromatic rings. The fourth-order valence-electron chi connectivity index (χ4n) is 0.937. The highest BCUT2D eigenvalue weighted by Crippen LogP contribution is 2.37. The van der Waals surface area contributed by atoms with Gasteiger partial charge in [-0.2, -0.15) is 0 Å². The number of esters is 2. The Morgan fingerprint density at radius 1 is 1.21 bits per heavy atom. The first-order chi connectivity index (χ1) is 8.76. The van der Waals surface area contributed by atoms with Gasteiger partial charge in [0.1, 0.15) is 6.61 Å². The number of ether oxygens (including phenoxy) is 2. The predicted molar refractivity (Wildman–Crippen MR) is 60.8 cm³/mol. The molecule has 2 unspecified atom stereocenters. The van der Waals surface area contributed by atoms with Crippen LogP contribution in [-0.2, 0) is 32.7 Å². The fraction of sp³-hybridized carbons (Fsp3) is 0.778. The molecule has 0 aromatic heterocycles. The quantitative estimate of drug-likeness (QED) is 0.417. The monoisotopic (exact) mass is 298 g/mol. The van der Waals surface area contributed by atoms with E-state index in [1.807, 2.05) is 0 Å². The van der Waals surface area contributed by atoms with E-state index in [0.717, 1.165) is 13.8 Å². The maximum absolute atomic E-state index is 11.2. The fourth-order valence-corrected chi connectivity index (χ4v) is 1.69. The topological polar surface area (TPSA) is 137 Å². The molecule has 9 nitrogen and oxygen atoms in total. The van der Waals surface area contributed by atoms with Crippen LogP contribution in [0.1, 0.15) is 13.8 Å². The number of phosphoric acid groups is 1. The molecule has 0 aliphatic carbocycles. The third-order valence-corrected chi connectivity index (χ3v) is 2.56. The molecule has 0 fully saturated rings. The molecule has 2 atom stereocenters. The molecule has 0 rings (SSSR count). The van der Waals surface area contributed by atoms with Gasteiger partial charge in [-0.3, -0.25) is 14.2 Å². The second-order valence-electron chi connectivity index (χ2n) is 3.40. The first-order valence-corrected chi connectivity index (χ1v) is 6.83. The minimum atomic E-state index is -4.52. The van der Waals surface area contributed by atoms with Gasteiger partial charge in [-0.15, -0.1) is 0 Å². The van der Waals surface area contributed by atoms with Gasteiger partial charge in [0.25, 0.3) is 7.82 Å². The standard InChI is InChI=1S/C9H18NO8P/c1-7(11)15-5-9(18-8(2)12)6-17-19(13,14)16-4-3-10/h9H,3-6,10H2,1-2H3,(H,13,14)/p-1. The van der Waals surface area contributed by atoms with Crippen molar-refractivity contribution in [2.24, 2.45) is 5.73 Å². The van der Waals surface area contributed by atoms with Crippen molar-refractivity contribution in [3.63, 3.8) is 0 Å². The lowest BCUT2D eigenvalue weighted by Gasteiger charge is -2.25. The summed E-state index contributed by atoms with van der Waals surface area (Å²) < 4.78 is 29.4. The normalized spacial score (nSPS) is 15.4. The van der Waals surface area contributed by atoms with Crippen molar-refractivity contribution >= 4 is 19.8 Å². The summed E-state index contributed by atoms with van der Waals surface area (Å²) in [4.78, 5) is 32.6. The van der Waals surface area contributed by atoms with Crippen molar-refractivity contribution in [3.8, 4) is 0 Å². The van der Waals surface area contributed by atoms with E-state index in [1.165, 1.54) is 0 Å². The van der Waals surface area contributed by atoms with E-state index >= 15 is 0 Å². The van der Waals surface area contributed by atoms with Crippen molar-refractivity contribution in [2.75, 3.05) is 26.4 Å². The molecule has 0 saturated carbocycles. The second-order valence-corrected chi connectivity index (χ2v) is 4.81. The number of carbonyl (C=O) groups excluding carboxylic acids is 2. The predicted octanol–water partition coefficient (Wildman–Crippen LogP) is -1.06. The van der Waals surface area contributed by atoms with Crippen LogP contribution in [0.3, 0.4) is 0 Å². The van der Waals surface area contributed by atoms with Gasteiger partial charge in [0.2, 0.25) is 0 Å². The van der Waals surface area contributed by atoms with Crippen LogP contribution in [-0.4, -0.2) is 44.4 Å². The number of carbonyl (C=O) groups is 2. The Morgan fingerprint density at radius 3 is 2.32 bits per heavy atom. The van der Waals surface area contributed by atoms with E-state index in [-0.39, 0.29) is 19.8 Å². The van der Waals surface area contributed by atoms with E-state index in [4.69, 9.17) is 10.5 Å². The van der Waals surface area contributed by atoms with Gasteiger partial charge in [-0.1, -0.05) is 0 Å². The molecule has 0 saturated heterocycles. The maximum Gasteiger partial charge on any atom is 0.303 e. The summed E-state index contributed by atoms with van der Waals surface area (Å²) in [6, 6.07) is 0. The lowest BCUT2D eigenvalue weighted by molar-refractivity contribution is -0.228. The summed E-state index contributed by atoms with van der Waals surface area (Å²) in [6.07, 6.45) is -1.04. The van der Waals surface area contributed by atoms with Crippen molar-refractivity contribution in [1.82, 2.24) is 0 Å². The van der Waals surface area contributed by atoms with Crippen molar-refractivity contribution in [1.29, 1.82) is 0 Å². The van der Waals surface area contributed by atoms with Gasteiger partial charge in [0.05, 0.1) is 13.2 Å². The van der Waals surface area contributed by atoms with E-state index in [1.54, 1.807) is 0 Å². The Balaban J connectivity index is 4.26. The number of hydrogen-bond acceptors (Lipinski definition) is 9. The number of nitrogens with two attached hydrogens (primary N) is 1. The van der Waals surface area contributed by atoms with Gasteiger partial charge in [0, 0.05) is 20.4 Å². The molecule has 0 aromatic carbocycles. The first-order valence-electron chi connectivity index (χ1n) is 5.37. The SMILES string of the molecule is CC(=O)OCC(COP(=O)([O-])OCCN)OC(C)=O. The van der Waals surface area contributed by atoms with Gasteiger partial charge in [-0.25, -0.2) is 0 Å². The van der Waals surface area contributed by atoms with Crippen LogP contribution in [0.25, 0.3) is 0 Å². The minimum absolute atomic E-state index is 0.0103. The molecular weight excluding hydrogens is 281 g/mol. The lowest BCUT2D eigenvalue weighted by Crippen LogP contribution is -2.29. The third kappa shape index (κ3) is 10.6. The zero-order chi connectivity index (χ0) is 14.9. The van der Waals surface area contributed by atoms with Crippen molar-refractivity contribution in [2.45, 2.75) is 20.0 Å². The van der Waals surface area contributed by atoms with Gasteiger partial charge < -0.3 is 29.1 Å². The zero-order valence-corrected chi connectivity index (χ0v) is 11.6. The number of rotatable bonds is 9. The molecule has 0 heterocycles. The van der Waals surface area contributed by atoms with Crippen LogP contribution in [0.2, 0.25) is 0 Å². The molecule has 19 heavy (non-hydrogen) atoms. The summed E-state index contributed by atoms with van der Waals surface area (Å²) in [7, 11) is -4.52. The van der Waals surface area contributed by atoms with Crippen LogP contribution < -0.4 is 10.6 Å². The molecule has 0 radical (unpaired) electrons. The van der Waals surface area contributed by atoms with Crippen LogP contribution >= 0.6 is 7.82 Å². The Morgan fingerprint density at radius 2 is 1.84 bits per heavy atom. The summed E-state index contributed by atoms with van der Waals surface area (Å²) in [5.74, 6) is -1.26. The van der Waals surface area contributed by atoms with E-state index < -0.39 is 32.5 Å². The Hall–Kier alpha value is -0.990. The van der Waals surface area contributed by atoms with Crippen molar-refractivity contribution < 1.29 is 37.6 Å². The average Bonchev–Trinajstić information content (AvgIpc) is 2.29. The molecule has 0 aliphatic heterocycles. The van der Waals surface area contributed by atoms with Crippen LogP contribution in [0.15, 0.2) is 0 Å². The van der Waals surface area contributed by atoms with Gasteiger partial charge in [-0.05, 0) is 0 Å². The zero-order valence-electron chi connectivity index (χ0n) is 10.7. The molecular formula is C9H17NO8P-. The highest BCUT2D eigenvalue weighted by atomic mass is 31.2. The minimum Gasteiger partial charge on any atom is -0.756 e. The van der Waals surface area contributed by atoms with Gasteiger partial charge in [0.15, 0.2) is 6.10 Å². The molecule has 0 spiro atoms. The van der Waals surface area contributed by atoms with Gasteiger partial charge >= 0.3 is 11.9 Å². The Bertz CT molecular complexity index is 347. The number of hydrogen-bond donors (Lipinski definition) is 1. The van der Waals surface area contributed by atoms with Crippen LogP contribution in [0, 0.1) is 0 Å². The molecule has 0 aliphatic rings. The highest BCUT2D eigenvalue weighted by Gasteiger charge is 2.18. The van der Waals surface area contributed by atoms with Crippen molar-refractivity contribution in [3.05, 3.63) is 0 Å². The van der Waals surface area contributed by atoms with Crippen LogP contribution in [0.5, 0.6) is 0 Å². The highest BCUT2D eigenvalue weighted by molar-refractivity contribution is 7.45. The molecule has 2 N–H and O–H groups in total. The maximum atomic E-state index is 11.2. The van der Waals surface area contributed by atoms with E-state index in [9.17, 15) is 19.0 Å². The summed E-state index contributed by atoms with van der Waals surface area (Å²) in [6.45, 7) is 1.25. The lowest BCUT2D eigenvalue weighted by atomic mass is 10.4. The smallest absolute Gasteiger partial charge is 0.303 e. The third-order valence-electron chi connectivity index (χ3n) is 1.59. The molecule has 10 heteroatoms. The average molecular weight is 298 g/mol. The number of phosphoric ester groups is 1.